The molecule has 1 N–H and O–H groups in total. The van der Waals surface area contributed by atoms with Crippen molar-refractivity contribution in [1.29, 1.82) is 0 Å². The number of benzene rings is 1. The fourth-order valence-corrected chi connectivity index (χ4v) is 3.67. The van der Waals surface area contributed by atoms with Crippen LogP contribution in [-0.4, -0.2) is 21.1 Å². The van der Waals surface area contributed by atoms with E-state index in [4.69, 9.17) is 0 Å². The first kappa shape index (κ1) is 16.0. The van der Waals surface area contributed by atoms with Crippen molar-refractivity contribution in [2.45, 2.75) is 30.7 Å². The fraction of sp³-hybridized carbons (Fsp3) is 0.235. The molecular formula is C17H17N3OS2. The number of aryl methyl sites for hydroxylation is 1. The molecule has 4 nitrogen and oxygen atoms in total. The smallest absolute Gasteiger partial charge is 0.233 e. The third kappa shape index (κ3) is 3.89. The van der Waals surface area contributed by atoms with Gasteiger partial charge in [0.15, 0.2) is 0 Å². The lowest BCUT2D eigenvalue weighted by atomic mass is 10.3. The summed E-state index contributed by atoms with van der Waals surface area (Å²) in [4.78, 5) is 22.6. The van der Waals surface area contributed by atoms with Crippen molar-refractivity contribution in [2.75, 3.05) is 0 Å². The van der Waals surface area contributed by atoms with Gasteiger partial charge in [0.25, 0.3) is 0 Å². The number of nitrogens with one attached hydrogen (secondary N) is 1. The zero-order valence-corrected chi connectivity index (χ0v) is 14.6. The minimum Gasteiger partial charge on any atom is -0.350 e. The van der Waals surface area contributed by atoms with Crippen LogP contribution in [0.4, 0.5) is 0 Å². The second-order valence-corrected chi connectivity index (χ2v) is 7.52. The predicted molar refractivity (Wildman–Crippen MR) is 95.8 cm³/mol. The number of carbonyl (C=O) groups is 1. The Morgan fingerprint density at radius 2 is 1.96 bits per heavy atom. The number of para-hydroxylation sites is 2. The van der Waals surface area contributed by atoms with E-state index >= 15 is 0 Å². The zero-order valence-electron chi connectivity index (χ0n) is 12.9. The summed E-state index contributed by atoms with van der Waals surface area (Å²) in [5.74, 6) is 0.0118. The van der Waals surface area contributed by atoms with Gasteiger partial charge in [0, 0.05) is 4.88 Å². The molecule has 6 heteroatoms. The van der Waals surface area contributed by atoms with Crippen LogP contribution in [0.1, 0.15) is 17.5 Å². The molecule has 0 aliphatic heterocycles. The Kier molecular flexibility index (Phi) is 4.93. The third-order valence-corrected chi connectivity index (χ3v) is 5.43. The van der Waals surface area contributed by atoms with Gasteiger partial charge in [0.05, 0.1) is 28.5 Å². The number of hydrogen-bond donors (Lipinski definition) is 1. The highest BCUT2D eigenvalue weighted by atomic mass is 32.2. The van der Waals surface area contributed by atoms with Gasteiger partial charge in [-0.1, -0.05) is 30.0 Å². The number of nitrogens with zero attached hydrogens (tertiary/aromatic N) is 2. The van der Waals surface area contributed by atoms with E-state index in [0.717, 1.165) is 26.6 Å². The molecular weight excluding hydrogens is 326 g/mol. The van der Waals surface area contributed by atoms with E-state index in [0.29, 0.717) is 6.54 Å². The molecule has 3 aromatic rings. The molecule has 0 aliphatic carbocycles. The zero-order chi connectivity index (χ0) is 16.2. The Balaban J connectivity index is 1.68. The van der Waals surface area contributed by atoms with Gasteiger partial charge < -0.3 is 5.32 Å². The summed E-state index contributed by atoms with van der Waals surface area (Å²) in [7, 11) is 0. The quantitative estimate of drug-likeness (QED) is 0.716. The Labute approximate surface area is 143 Å². The van der Waals surface area contributed by atoms with E-state index in [2.05, 4.69) is 15.3 Å². The van der Waals surface area contributed by atoms with Crippen molar-refractivity contribution in [3.05, 3.63) is 52.3 Å². The summed E-state index contributed by atoms with van der Waals surface area (Å²) in [5.41, 5.74) is 2.59. The Bertz CT molecular complexity index is 818. The lowest BCUT2D eigenvalue weighted by molar-refractivity contribution is -0.120. The maximum absolute atomic E-state index is 12.2. The van der Waals surface area contributed by atoms with Gasteiger partial charge in [0.2, 0.25) is 5.91 Å². The number of thioether (sulfide) groups is 1. The number of fused-ring (bicyclic) bond motifs is 1. The lowest BCUT2D eigenvalue weighted by Gasteiger charge is -2.12. The van der Waals surface area contributed by atoms with E-state index in [1.54, 1.807) is 11.3 Å². The number of hydrogen-bond acceptors (Lipinski definition) is 5. The predicted octanol–water partition coefficient (Wildman–Crippen LogP) is 3.80. The highest BCUT2D eigenvalue weighted by molar-refractivity contribution is 8.00. The lowest BCUT2D eigenvalue weighted by Crippen LogP contribution is -2.30. The molecule has 0 saturated heterocycles. The van der Waals surface area contributed by atoms with Gasteiger partial charge in [-0.2, -0.15) is 0 Å². The maximum atomic E-state index is 12.2. The molecule has 0 spiro atoms. The van der Waals surface area contributed by atoms with Crippen molar-refractivity contribution >= 4 is 40.0 Å². The highest BCUT2D eigenvalue weighted by Gasteiger charge is 2.17. The second-order valence-electron chi connectivity index (χ2n) is 5.16. The minimum absolute atomic E-state index is 0.0118. The van der Waals surface area contributed by atoms with Gasteiger partial charge in [-0.05, 0) is 37.4 Å². The molecule has 0 aliphatic rings. The van der Waals surface area contributed by atoms with Crippen LogP contribution < -0.4 is 5.32 Å². The highest BCUT2D eigenvalue weighted by Crippen LogP contribution is 2.26. The third-order valence-electron chi connectivity index (χ3n) is 3.38. The van der Waals surface area contributed by atoms with E-state index in [-0.39, 0.29) is 11.2 Å². The maximum Gasteiger partial charge on any atom is 0.233 e. The molecule has 23 heavy (non-hydrogen) atoms. The number of amides is 1. The summed E-state index contributed by atoms with van der Waals surface area (Å²) in [5, 5.41) is 5.56. The fourth-order valence-electron chi connectivity index (χ4n) is 2.14. The van der Waals surface area contributed by atoms with Gasteiger partial charge in [-0.15, -0.1) is 11.3 Å². The molecule has 1 amide bonds. The largest absolute Gasteiger partial charge is 0.350 e. The topological polar surface area (TPSA) is 54.9 Å². The molecule has 0 radical (unpaired) electrons. The summed E-state index contributed by atoms with van der Waals surface area (Å²) < 4.78 is 0. The summed E-state index contributed by atoms with van der Waals surface area (Å²) >= 11 is 3.09. The minimum atomic E-state index is -0.218. The Morgan fingerprint density at radius 1 is 1.22 bits per heavy atom. The number of thiophene rings is 1. The van der Waals surface area contributed by atoms with Gasteiger partial charge >= 0.3 is 0 Å². The van der Waals surface area contributed by atoms with Crippen molar-refractivity contribution < 1.29 is 4.79 Å². The Hall–Kier alpha value is -1.92. The molecule has 2 aromatic heterocycles. The van der Waals surface area contributed by atoms with Crippen molar-refractivity contribution in [3.8, 4) is 0 Å². The van der Waals surface area contributed by atoms with Gasteiger partial charge in [0.1, 0.15) is 5.03 Å². The van der Waals surface area contributed by atoms with Crippen LogP contribution in [0.5, 0.6) is 0 Å². The van der Waals surface area contributed by atoms with E-state index in [9.17, 15) is 4.79 Å². The monoisotopic (exact) mass is 343 g/mol. The van der Waals surface area contributed by atoms with Crippen molar-refractivity contribution in [3.63, 3.8) is 0 Å². The first-order chi connectivity index (χ1) is 11.1. The number of aromatic nitrogens is 2. The van der Waals surface area contributed by atoms with Crippen LogP contribution in [0.3, 0.4) is 0 Å². The van der Waals surface area contributed by atoms with E-state index in [1.165, 1.54) is 11.8 Å². The van der Waals surface area contributed by atoms with Gasteiger partial charge in [-0.25, -0.2) is 9.97 Å². The molecule has 0 fully saturated rings. The van der Waals surface area contributed by atoms with E-state index < -0.39 is 0 Å². The van der Waals surface area contributed by atoms with Crippen LogP contribution in [0.15, 0.2) is 46.8 Å². The van der Waals surface area contributed by atoms with E-state index in [1.807, 2.05) is 55.6 Å². The average Bonchev–Trinajstić information content (AvgIpc) is 3.06. The van der Waals surface area contributed by atoms with Crippen molar-refractivity contribution in [2.24, 2.45) is 0 Å². The van der Waals surface area contributed by atoms with Crippen LogP contribution >= 0.6 is 23.1 Å². The molecule has 1 atom stereocenters. The molecule has 1 aromatic carbocycles. The van der Waals surface area contributed by atoms with Crippen LogP contribution in [0.25, 0.3) is 11.0 Å². The average molecular weight is 343 g/mol. The summed E-state index contributed by atoms with van der Waals surface area (Å²) in [6, 6.07) is 11.8. The first-order valence-corrected chi connectivity index (χ1v) is 9.09. The van der Waals surface area contributed by atoms with Crippen LogP contribution in [-0.2, 0) is 11.3 Å². The van der Waals surface area contributed by atoms with Crippen LogP contribution in [0, 0.1) is 6.92 Å². The molecule has 0 bridgehead atoms. The van der Waals surface area contributed by atoms with Crippen LogP contribution in [0.2, 0.25) is 0 Å². The summed E-state index contributed by atoms with van der Waals surface area (Å²) in [6.07, 6.45) is 0. The van der Waals surface area contributed by atoms with Gasteiger partial charge in [-0.3, -0.25) is 4.79 Å². The summed E-state index contributed by atoms with van der Waals surface area (Å²) in [6.45, 7) is 4.40. The molecule has 3 rings (SSSR count). The van der Waals surface area contributed by atoms with Crippen molar-refractivity contribution in [1.82, 2.24) is 15.3 Å². The molecule has 118 valence electrons. The Morgan fingerprint density at radius 3 is 2.65 bits per heavy atom. The first-order valence-electron chi connectivity index (χ1n) is 7.33. The second kappa shape index (κ2) is 7.10. The molecule has 0 saturated carbocycles. The number of carbonyl (C=O) groups excluding carboxylic acids is 1. The SMILES string of the molecule is Cc1nc2ccccc2nc1SC(C)C(=O)NCc1cccs1. The number of rotatable bonds is 5. The molecule has 1 unspecified atom stereocenters. The molecule has 2 heterocycles. The normalized spacial score (nSPS) is 12.3. The standard InChI is InChI=1S/C17H17N3OS2/c1-11-17(20-15-8-4-3-7-14(15)19-11)23-12(2)16(21)18-10-13-6-5-9-22-13/h3-9,12H,10H2,1-2H3,(H,18,21).